The fourth-order valence-corrected chi connectivity index (χ4v) is 2.14. The summed E-state index contributed by atoms with van der Waals surface area (Å²) in [6, 6.07) is 16.1. The SMILES string of the molecule is Cc1ccc(NC(CN)c2ccccc2Cl)cc1. The summed E-state index contributed by atoms with van der Waals surface area (Å²) < 4.78 is 0. The smallest absolute Gasteiger partial charge is 0.0650 e. The average molecular weight is 261 g/mol. The van der Waals surface area contributed by atoms with Crippen molar-refractivity contribution in [3.63, 3.8) is 0 Å². The first-order valence-electron chi connectivity index (χ1n) is 5.98. The zero-order valence-corrected chi connectivity index (χ0v) is 11.1. The van der Waals surface area contributed by atoms with Crippen molar-refractivity contribution in [2.24, 2.45) is 5.73 Å². The first-order valence-corrected chi connectivity index (χ1v) is 6.36. The Kier molecular flexibility index (Phi) is 4.24. The number of halogens is 1. The first kappa shape index (κ1) is 12.9. The van der Waals surface area contributed by atoms with Crippen molar-refractivity contribution in [2.45, 2.75) is 13.0 Å². The zero-order valence-electron chi connectivity index (χ0n) is 10.4. The van der Waals surface area contributed by atoms with E-state index in [1.807, 2.05) is 24.3 Å². The van der Waals surface area contributed by atoms with E-state index in [1.165, 1.54) is 5.56 Å². The molecule has 0 aliphatic heterocycles. The molecule has 0 aliphatic rings. The second kappa shape index (κ2) is 5.89. The minimum Gasteiger partial charge on any atom is -0.377 e. The Hall–Kier alpha value is -1.51. The molecule has 18 heavy (non-hydrogen) atoms. The number of hydrogen-bond donors (Lipinski definition) is 2. The highest BCUT2D eigenvalue weighted by Crippen LogP contribution is 2.25. The average Bonchev–Trinajstić information content (AvgIpc) is 2.39. The van der Waals surface area contributed by atoms with Crippen molar-refractivity contribution in [2.75, 3.05) is 11.9 Å². The lowest BCUT2D eigenvalue weighted by atomic mass is 10.1. The second-order valence-electron chi connectivity index (χ2n) is 4.32. The molecule has 2 nitrogen and oxygen atoms in total. The summed E-state index contributed by atoms with van der Waals surface area (Å²) in [4.78, 5) is 0. The van der Waals surface area contributed by atoms with Crippen LogP contribution in [0.2, 0.25) is 5.02 Å². The minimum absolute atomic E-state index is 0.0291. The predicted octanol–water partition coefficient (Wildman–Crippen LogP) is 3.76. The fraction of sp³-hybridized carbons (Fsp3) is 0.200. The lowest BCUT2D eigenvalue weighted by Crippen LogP contribution is -2.20. The molecule has 1 unspecified atom stereocenters. The number of benzene rings is 2. The molecule has 3 heteroatoms. The molecule has 0 fully saturated rings. The number of hydrogen-bond acceptors (Lipinski definition) is 2. The van der Waals surface area contributed by atoms with Crippen LogP contribution in [-0.4, -0.2) is 6.54 Å². The molecule has 0 saturated heterocycles. The summed E-state index contributed by atoms with van der Waals surface area (Å²) in [5.74, 6) is 0. The number of nitrogens with one attached hydrogen (secondary N) is 1. The van der Waals surface area contributed by atoms with Gasteiger partial charge in [0.05, 0.1) is 6.04 Å². The maximum absolute atomic E-state index is 6.19. The lowest BCUT2D eigenvalue weighted by molar-refractivity contribution is 0.790. The number of aryl methyl sites for hydroxylation is 1. The van der Waals surface area contributed by atoms with Gasteiger partial charge in [-0.2, -0.15) is 0 Å². The van der Waals surface area contributed by atoms with Crippen LogP contribution in [0.3, 0.4) is 0 Å². The Balaban J connectivity index is 2.20. The van der Waals surface area contributed by atoms with Crippen LogP contribution in [0.4, 0.5) is 5.69 Å². The molecule has 0 radical (unpaired) electrons. The topological polar surface area (TPSA) is 38.0 Å². The van der Waals surface area contributed by atoms with Crippen LogP contribution in [0.25, 0.3) is 0 Å². The Morgan fingerprint density at radius 1 is 1.11 bits per heavy atom. The molecule has 0 heterocycles. The molecule has 94 valence electrons. The van der Waals surface area contributed by atoms with Gasteiger partial charge < -0.3 is 11.1 Å². The Labute approximate surface area is 113 Å². The van der Waals surface area contributed by atoms with E-state index in [0.29, 0.717) is 6.54 Å². The summed E-state index contributed by atoms with van der Waals surface area (Å²) >= 11 is 6.19. The fourth-order valence-electron chi connectivity index (χ4n) is 1.87. The van der Waals surface area contributed by atoms with E-state index >= 15 is 0 Å². The maximum Gasteiger partial charge on any atom is 0.0650 e. The summed E-state index contributed by atoms with van der Waals surface area (Å²) in [6.07, 6.45) is 0. The molecule has 2 aromatic rings. The van der Waals surface area contributed by atoms with E-state index in [4.69, 9.17) is 17.3 Å². The number of nitrogens with two attached hydrogens (primary N) is 1. The maximum atomic E-state index is 6.19. The molecule has 0 amide bonds. The van der Waals surface area contributed by atoms with E-state index < -0.39 is 0 Å². The van der Waals surface area contributed by atoms with Crippen molar-refractivity contribution in [3.8, 4) is 0 Å². The van der Waals surface area contributed by atoms with Crippen molar-refractivity contribution in [1.82, 2.24) is 0 Å². The van der Waals surface area contributed by atoms with Crippen molar-refractivity contribution < 1.29 is 0 Å². The molecule has 0 saturated carbocycles. The van der Waals surface area contributed by atoms with Gasteiger partial charge in [0.25, 0.3) is 0 Å². The van der Waals surface area contributed by atoms with Crippen LogP contribution in [0, 0.1) is 6.92 Å². The highest BCUT2D eigenvalue weighted by atomic mass is 35.5. The van der Waals surface area contributed by atoms with Gasteiger partial charge in [-0.25, -0.2) is 0 Å². The van der Waals surface area contributed by atoms with Gasteiger partial charge in [-0.1, -0.05) is 47.5 Å². The molecule has 2 aromatic carbocycles. The van der Waals surface area contributed by atoms with Crippen molar-refractivity contribution in [3.05, 3.63) is 64.7 Å². The van der Waals surface area contributed by atoms with Gasteiger partial charge in [0.2, 0.25) is 0 Å². The van der Waals surface area contributed by atoms with Gasteiger partial charge in [-0.15, -0.1) is 0 Å². The Morgan fingerprint density at radius 2 is 1.78 bits per heavy atom. The number of rotatable bonds is 4. The molecular formula is C15H17ClN2. The second-order valence-corrected chi connectivity index (χ2v) is 4.73. The monoisotopic (exact) mass is 260 g/mol. The van der Waals surface area contributed by atoms with Crippen LogP contribution >= 0.6 is 11.6 Å². The molecule has 0 spiro atoms. The Morgan fingerprint density at radius 3 is 2.39 bits per heavy atom. The minimum atomic E-state index is 0.0291. The predicted molar refractivity (Wildman–Crippen MR) is 78.0 cm³/mol. The standard InChI is InChI=1S/C15H17ClN2/c1-11-6-8-12(9-7-11)18-15(10-17)13-4-2-3-5-14(13)16/h2-9,15,18H,10,17H2,1H3. The molecule has 0 aromatic heterocycles. The van der Waals surface area contributed by atoms with Crippen LogP contribution < -0.4 is 11.1 Å². The van der Waals surface area contributed by atoms with Gasteiger partial charge in [-0.05, 0) is 30.7 Å². The molecule has 2 rings (SSSR count). The lowest BCUT2D eigenvalue weighted by Gasteiger charge is -2.19. The first-order chi connectivity index (χ1) is 8.70. The molecular weight excluding hydrogens is 244 g/mol. The van der Waals surface area contributed by atoms with Gasteiger partial charge in [-0.3, -0.25) is 0 Å². The van der Waals surface area contributed by atoms with Gasteiger partial charge >= 0.3 is 0 Å². The summed E-state index contributed by atoms with van der Waals surface area (Å²) in [6.45, 7) is 2.57. The van der Waals surface area contributed by atoms with E-state index in [9.17, 15) is 0 Å². The Bertz CT molecular complexity index is 508. The quantitative estimate of drug-likeness (QED) is 0.878. The molecule has 0 bridgehead atoms. The van der Waals surface area contributed by atoms with Gasteiger partial charge in [0.1, 0.15) is 0 Å². The third-order valence-electron chi connectivity index (χ3n) is 2.91. The van der Waals surface area contributed by atoms with Gasteiger partial charge in [0, 0.05) is 17.3 Å². The molecule has 3 N–H and O–H groups in total. The van der Waals surface area contributed by atoms with Crippen LogP contribution in [0.5, 0.6) is 0 Å². The molecule has 1 atom stereocenters. The highest BCUT2D eigenvalue weighted by molar-refractivity contribution is 6.31. The third kappa shape index (κ3) is 3.03. The van der Waals surface area contributed by atoms with Crippen LogP contribution in [-0.2, 0) is 0 Å². The van der Waals surface area contributed by atoms with Crippen molar-refractivity contribution >= 4 is 17.3 Å². The normalized spacial score (nSPS) is 12.2. The van der Waals surface area contributed by atoms with Crippen LogP contribution in [0.15, 0.2) is 48.5 Å². The summed E-state index contributed by atoms with van der Waals surface area (Å²) in [5.41, 5.74) is 9.15. The highest BCUT2D eigenvalue weighted by Gasteiger charge is 2.12. The number of anilines is 1. The third-order valence-corrected chi connectivity index (χ3v) is 3.25. The van der Waals surface area contributed by atoms with Gasteiger partial charge in [0.15, 0.2) is 0 Å². The van der Waals surface area contributed by atoms with E-state index in [1.54, 1.807) is 0 Å². The van der Waals surface area contributed by atoms with E-state index in [2.05, 4.69) is 36.5 Å². The summed E-state index contributed by atoms with van der Waals surface area (Å²) in [5, 5.41) is 4.15. The van der Waals surface area contributed by atoms with E-state index in [0.717, 1.165) is 16.3 Å². The van der Waals surface area contributed by atoms with Crippen LogP contribution in [0.1, 0.15) is 17.2 Å². The molecule has 0 aliphatic carbocycles. The zero-order chi connectivity index (χ0) is 13.0. The summed E-state index contributed by atoms with van der Waals surface area (Å²) in [7, 11) is 0. The largest absolute Gasteiger partial charge is 0.377 e. The van der Waals surface area contributed by atoms with E-state index in [-0.39, 0.29) is 6.04 Å². The van der Waals surface area contributed by atoms with Crippen molar-refractivity contribution in [1.29, 1.82) is 0 Å².